The van der Waals surface area contributed by atoms with Gasteiger partial charge in [0, 0.05) is 19.5 Å². The monoisotopic (exact) mass is 288 g/mol. The zero-order chi connectivity index (χ0) is 15.2. The van der Waals surface area contributed by atoms with Crippen LogP contribution >= 0.6 is 0 Å². The first kappa shape index (κ1) is 16.0. The van der Waals surface area contributed by atoms with Crippen LogP contribution in [0.25, 0.3) is 0 Å². The molecule has 21 heavy (non-hydrogen) atoms. The number of benzene rings is 1. The highest BCUT2D eigenvalue weighted by Crippen LogP contribution is 2.22. The molecule has 1 amide bonds. The van der Waals surface area contributed by atoms with Crippen molar-refractivity contribution in [2.45, 2.75) is 52.5 Å². The van der Waals surface area contributed by atoms with E-state index in [1.54, 1.807) is 0 Å². The summed E-state index contributed by atoms with van der Waals surface area (Å²) in [6.07, 6.45) is 4.01. The van der Waals surface area contributed by atoms with Gasteiger partial charge in [-0.15, -0.1) is 0 Å². The Bertz CT molecular complexity index is 484. The van der Waals surface area contributed by atoms with E-state index in [9.17, 15) is 4.79 Å². The molecule has 0 spiro atoms. The molecule has 1 saturated heterocycles. The quantitative estimate of drug-likeness (QED) is 0.870. The molecular weight excluding hydrogens is 260 g/mol. The predicted molar refractivity (Wildman–Crippen MR) is 87.4 cm³/mol. The van der Waals surface area contributed by atoms with Gasteiger partial charge in [0.25, 0.3) is 0 Å². The molecule has 1 aromatic rings. The molecule has 1 N–H and O–H groups in total. The van der Waals surface area contributed by atoms with E-state index in [1.165, 1.54) is 16.7 Å². The molecule has 2 rings (SSSR count). The SMILES string of the molecule is CCCNC(CN1CCCCC1=O)c1ccc(C)cc1C. The third kappa shape index (κ3) is 4.31. The number of hydrogen-bond acceptors (Lipinski definition) is 2. The van der Waals surface area contributed by atoms with Crippen molar-refractivity contribution in [3.63, 3.8) is 0 Å². The summed E-state index contributed by atoms with van der Waals surface area (Å²) in [6.45, 7) is 9.16. The average molecular weight is 288 g/mol. The highest BCUT2D eigenvalue weighted by molar-refractivity contribution is 5.76. The minimum absolute atomic E-state index is 0.243. The Balaban J connectivity index is 2.14. The number of nitrogens with zero attached hydrogens (tertiary/aromatic N) is 1. The standard InChI is InChI=1S/C18H28N2O/c1-4-10-19-17(13-20-11-6-5-7-18(20)21)16-9-8-14(2)12-15(16)3/h8-9,12,17,19H,4-7,10-11,13H2,1-3H3. The lowest BCUT2D eigenvalue weighted by Crippen LogP contribution is -2.42. The first-order valence-corrected chi connectivity index (χ1v) is 8.20. The van der Waals surface area contributed by atoms with Crippen molar-refractivity contribution in [3.05, 3.63) is 34.9 Å². The minimum Gasteiger partial charge on any atom is -0.341 e. The Hall–Kier alpha value is -1.35. The number of carbonyl (C=O) groups excluding carboxylic acids is 1. The molecule has 1 unspecified atom stereocenters. The van der Waals surface area contributed by atoms with Crippen LogP contribution in [-0.2, 0) is 4.79 Å². The predicted octanol–water partition coefficient (Wildman–Crippen LogP) is 3.36. The number of piperidine rings is 1. The Labute approximate surface area is 128 Å². The Morgan fingerprint density at radius 1 is 1.29 bits per heavy atom. The highest BCUT2D eigenvalue weighted by atomic mass is 16.2. The van der Waals surface area contributed by atoms with E-state index >= 15 is 0 Å². The number of nitrogens with one attached hydrogen (secondary N) is 1. The van der Waals surface area contributed by atoms with Crippen molar-refractivity contribution >= 4 is 5.91 Å². The maximum atomic E-state index is 12.1. The molecule has 0 aromatic heterocycles. The van der Waals surface area contributed by atoms with Crippen molar-refractivity contribution in [2.75, 3.05) is 19.6 Å². The molecule has 1 aliphatic rings. The van der Waals surface area contributed by atoms with E-state index in [4.69, 9.17) is 0 Å². The molecule has 116 valence electrons. The fourth-order valence-electron chi connectivity index (χ4n) is 3.08. The second-order valence-electron chi connectivity index (χ2n) is 6.16. The smallest absolute Gasteiger partial charge is 0.222 e. The number of amides is 1. The number of rotatable bonds is 6. The molecule has 1 heterocycles. The van der Waals surface area contributed by atoms with Crippen LogP contribution in [0.5, 0.6) is 0 Å². The highest BCUT2D eigenvalue weighted by Gasteiger charge is 2.23. The minimum atomic E-state index is 0.243. The Morgan fingerprint density at radius 2 is 2.10 bits per heavy atom. The molecule has 0 aliphatic carbocycles. The van der Waals surface area contributed by atoms with Crippen LogP contribution in [0.15, 0.2) is 18.2 Å². The molecule has 1 fully saturated rings. The van der Waals surface area contributed by atoms with Gasteiger partial charge in [-0.2, -0.15) is 0 Å². The van der Waals surface area contributed by atoms with Crippen molar-refractivity contribution in [3.8, 4) is 0 Å². The van der Waals surface area contributed by atoms with Gasteiger partial charge in [0.15, 0.2) is 0 Å². The Morgan fingerprint density at radius 3 is 2.76 bits per heavy atom. The lowest BCUT2D eigenvalue weighted by Gasteiger charge is -2.32. The van der Waals surface area contributed by atoms with Crippen LogP contribution in [0.1, 0.15) is 55.3 Å². The van der Waals surface area contributed by atoms with Crippen LogP contribution in [0, 0.1) is 13.8 Å². The van der Waals surface area contributed by atoms with Gasteiger partial charge in [0.2, 0.25) is 5.91 Å². The summed E-state index contributed by atoms with van der Waals surface area (Å²) < 4.78 is 0. The van der Waals surface area contributed by atoms with Crippen LogP contribution in [0.3, 0.4) is 0 Å². The number of carbonyl (C=O) groups is 1. The van der Waals surface area contributed by atoms with Gasteiger partial charge in [-0.05, 0) is 50.8 Å². The molecule has 1 atom stereocenters. The maximum Gasteiger partial charge on any atom is 0.222 e. The summed E-state index contributed by atoms with van der Waals surface area (Å²) in [5.41, 5.74) is 3.93. The zero-order valence-corrected chi connectivity index (χ0v) is 13.6. The first-order valence-electron chi connectivity index (χ1n) is 8.20. The lowest BCUT2D eigenvalue weighted by molar-refractivity contribution is -0.133. The summed E-state index contributed by atoms with van der Waals surface area (Å²) in [4.78, 5) is 14.1. The average Bonchev–Trinajstić information content (AvgIpc) is 2.46. The summed E-state index contributed by atoms with van der Waals surface area (Å²) >= 11 is 0. The van der Waals surface area contributed by atoms with Gasteiger partial charge in [-0.1, -0.05) is 30.7 Å². The second-order valence-corrected chi connectivity index (χ2v) is 6.16. The van der Waals surface area contributed by atoms with Gasteiger partial charge in [0.1, 0.15) is 0 Å². The van der Waals surface area contributed by atoms with Crippen LogP contribution in [0.2, 0.25) is 0 Å². The van der Waals surface area contributed by atoms with Crippen molar-refractivity contribution < 1.29 is 4.79 Å². The third-order valence-corrected chi connectivity index (χ3v) is 4.27. The largest absolute Gasteiger partial charge is 0.341 e. The number of likely N-dealkylation sites (tertiary alicyclic amines) is 1. The second kappa shape index (κ2) is 7.60. The van der Waals surface area contributed by atoms with Gasteiger partial charge < -0.3 is 10.2 Å². The zero-order valence-electron chi connectivity index (χ0n) is 13.6. The van der Waals surface area contributed by atoms with Crippen molar-refractivity contribution in [2.24, 2.45) is 0 Å². The summed E-state index contributed by atoms with van der Waals surface area (Å²) in [5.74, 6) is 0.314. The molecule has 3 heteroatoms. The topological polar surface area (TPSA) is 32.3 Å². The Kier molecular flexibility index (Phi) is 5.80. The molecule has 0 radical (unpaired) electrons. The lowest BCUT2D eigenvalue weighted by atomic mass is 9.97. The summed E-state index contributed by atoms with van der Waals surface area (Å²) in [6, 6.07) is 6.86. The maximum absolute atomic E-state index is 12.1. The molecule has 1 aromatic carbocycles. The molecule has 0 saturated carbocycles. The third-order valence-electron chi connectivity index (χ3n) is 4.27. The molecule has 3 nitrogen and oxygen atoms in total. The van der Waals surface area contributed by atoms with E-state index < -0.39 is 0 Å². The van der Waals surface area contributed by atoms with Crippen LogP contribution < -0.4 is 5.32 Å². The van der Waals surface area contributed by atoms with Gasteiger partial charge in [0.05, 0.1) is 6.04 Å². The summed E-state index contributed by atoms with van der Waals surface area (Å²) in [7, 11) is 0. The fraction of sp³-hybridized carbons (Fsp3) is 0.611. The van der Waals surface area contributed by atoms with E-state index in [0.29, 0.717) is 12.3 Å². The normalized spacial score (nSPS) is 17.1. The van der Waals surface area contributed by atoms with E-state index in [2.05, 4.69) is 44.3 Å². The molecule has 0 bridgehead atoms. The first-order chi connectivity index (χ1) is 10.1. The number of hydrogen-bond donors (Lipinski definition) is 1. The summed E-state index contributed by atoms with van der Waals surface area (Å²) in [5, 5.41) is 3.62. The van der Waals surface area contributed by atoms with E-state index in [-0.39, 0.29) is 6.04 Å². The molecule has 1 aliphatic heterocycles. The van der Waals surface area contributed by atoms with Crippen LogP contribution in [0.4, 0.5) is 0 Å². The molecular formula is C18H28N2O. The van der Waals surface area contributed by atoms with Gasteiger partial charge in [-0.25, -0.2) is 0 Å². The fourth-order valence-corrected chi connectivity index (χ4v) is 3.08. The van der Waals surface area contributed by atoms with Crippen LogP contribution in [-0.4, -0.2) is 30.4 Å². The van der Waals surface area contributed by atoms with Gasteiger partial charge >= 0.3 is 0 Å². The van der Waals surface area contributed by atoms with E-state index in [0.717, 1.165) is 38.9 Å². The van der Waals surface area contributed by atoms with E-state index in [1.807, 2.05) is 4.90 Å². The number of aryl methyl sites for hydroxylation is 2. The van der Waals surface area contributed by atoms with Crippen molar-refractivity contribution in [1.82, 2.24) is 10.2 Å². The van der Waals surface area contributed by atoms with Crippen molar-refractivity contribution in [1.29, 1.82) is 0 Å². The van der Waals surface area contributed by atoms with Gasteiger partial charge in [-0.3, -0.25) is 4.79 Å².